The zero-order chi connectivity index (χ0) is 15.9. The summed E-state index contributed by atoms with van der Waals surface area (Å²) in [6.07, 6.45) is 5.17. The summed E-state index contributed by atoms with van der Waals surface area (Å²) in [4.78, 5) is 2.68. The molecule has 2 aromatic carbocycles. The Labute approximate surface area is 141 Å². The van der Waals surface area contributed by atoms with Crippen molar-refractivity contribution in [1.82, 2.24) is 4.90 Å². The number of likely N-dealkylation sites (tertiary alicyclic amines) is 1. The van der Waals surface area contributed by atoms with Crippen LogP contribution in [0.25, 0.3) is 0 Å². The summed E-state index contributed by atoms with van der Waals surface area (Å²) in [5.41, 5.74) is 2.97. The molecule has 1 nitrogen and oxygen atoms in total. The van der Waals surface area contributed by atoms with Crippen molar-refractivity contribution in [2.24, 2.45) is 11.8 Å². The van der Waals surface area contributed by atoms with Crippen molar-refractivity contribution < 1.29 is 0 Å². The van der Waals surface area contributed by atoms with Crippen LogP contribution in [0.5, 0.6) is 0 Å². The van der Waals surface area contributed by atoms with Gasteiger partial charge >= 0.3 is 0 Å². The average Bonchev–Trinajstić information content (AvgIpc) is 2.58. The molecule has 2 aromatic rings. The molecule has 1 atom stereocenters. The fraction of sp³-hybridized carbons (Fsp3) is 0.455. The Hall–Kier alpha value is -1.60. The summed E-state index contributed by atoms with van der Waals surface area (Å²) in [5, 5.41) is 0. The largest absolute Gasteiger partial charge is 0.303 e. The second-order valence-electron chi connectivity index (χ2n) is 7.23. The van der Waals surface area contributed by atoms with E-state index in [0.29, 0.717) is 0 Å². The minimum absolute atomic E-state index is 0.739. The molecule has 1 heterocycles. The lowest BCUT2D eigenvalue weighted by Crippen LogP contribution is -2.37. The molecule has 23 heavy (non-hydrogen) atoms. The zero-order valence-corrected chi connectivity index (χ0v) is 14.3. The maximum Gasteiger partial charge on any atom is 0.00102 e. The Morgan fingerprint density at radius 3 is 2.04 bits per heavy atom. The van der Waals surface area contributed by atoms with Gasteiger partial charge in [0.2, 0.25) is 0 Å². The molecule has 0 radical (unpaired) electrons. The predicted octanol–water partition coefficient (Wildman–Crippen LogP) is 4.82. The van der Waals surface area contributed by atoms with E-state index in [0.717, 1.165) is 11.8 Å². The lowest BCUT2D eigenvalue weighted by Gasteiger charge is -2.33. The van der Waals surface area contributed by atoms with E-state index in [4.69, 9.17) is 0 Å². The third-order valence-corrected chi connectivity index (χ3v) is 5.07. The second kappa shape index (κ2) is 8.31. The summed E-state index contributed by atoms with van der Waals surface area (Å²) in [7, 11) is 0. The van der Waals surface area contributed by atoms with E-state index >= 15 is 0 Å². The van der Waals surface area contributed by atoms with Crippen LogP contribution in [-0.4, -0.2) is 24.5 Å². The van der Waals surface area contributed by atoms with E-state index in [1.807, 2.05) is 0 Å². The van der Waals surface area contributed by atoms with Gasteiger partial charge in [-0.15, -0.1) is 0 Å². The van der Waals surface area contributed by atoms with Gasteiger partial charge in [-0.25, -0.2) is 0 Å². The van der Waals surface area contributed by atoms with Crippen molar-refractivity contribution in [1.29, 1.82) is 0 Å². The van der Waals surface area contributed by atoms with Crippen molar-refractivity contribution in [2.75, 3.05) is 19.6 Å². The van der Waals surface area contributed by atoms with E-state index in [1.54, 1.807) is 0 Å². The van der Waals surface area contributed by atoms with Crippen molar-refractivity contribution in [3.8, 4) is 0 Å². The van der Waals surface area contributed by atoms with Crippen LogP contribution in [0.4, 0.5) is 0 Å². The smallest absolute Gasteiger partial charge is 0.00102 e. The highest BCUT2D eigenvalue weighted by molar-refractivity contribution is 5.16. The minimum Gasteiger partial charge on any atom is -0.303 e. The quantitative estimate of drug-likeness (QED) is 0.739. The van der Waals surface area contributed by atoms with Crippen LogP contribution in [-0.2, 0) is 12.8 Å². The number of rotatable bonds is 6. The van der Waals surface area contributed by atoms with E-state index in [-0.39, 0.29) is 0 Å². The van der Waals surface area contributed by atoms with Crippen LogP contribution in [0.2, 0.25) is 0 Å². The van der Waals surface area contributed by atoms with Gasteiger partial charge in [-0.1, -0.05) is 67.6 Å². The lowest BCUT2D eigenvalue weighted by molar-refractivity contribution is 0.163. The Kier molecular flexibility index (Phi) is 5.87. The molecular weight excluding hydrogens is 278 g/mol. The van der Waals surface area contributed by atoms with Gasteiger partial charge in [0, 0.05) is 6.54 Å². The lowest BCUT2D eigenvalue weighted by atomic mass is 9.89. The van der Waals surface area contributed by atoms with Crippen molar-refractivity contribution in [3.05, 3.63) is 71.8 Å². The number of hydrogen-bond acceptors (Lipinski definition) is 1. The Morgan fingerprint density at radius 1 is 0.870 bits per heavy atom. The topological polar surface area (TPSA) is 3.24 Å². The third kappa shape index (κ3) is 5.21. The molecule has 1 heteroatoms. The SMILES string of the molecule is C[C@H](Cc1ccccc1)CN1CCC(Cc2ccccc2)CC1. The van der Waals surface area contributed by atoms with Crippen LogP contribution in [0.3, 0.4) is 0 Å². The normalized spacial score (nSPS) is 18.0. The average molecular weight is 307 g/mol. The molecule has 0 aromatic heterocycles. The molecule has 1 aliphatic heterocycles. The molecule has 122 valence electrons. The summed E-state index contributed by atoms with van der Waals surface area (Å²) in [6.45, 7) is 6.18. The highest BCUT2D eigenvalue weighted by atomic mass is 15.1. The number of benzene rings is 2. The van der Waals surface area contributed by atoms with E-state index in [2.05, 4.69) is 72.5 Å². The summed E-state index contributed by atoms with van der Waals surface area (Å²) >= 11 is 0. The first-order valence-electron chi connectivity index (χ1n) is 9.10. The van der Waals surface area contributed by atoms with Gasteiger partial charge in [0.25, 0.3) is 0 Å². The molecular formula is C22H29N. The van der Waals surface area contributed by atoms with Crippen molar-refractivity contribution in [3.63, 3.8) is 0 Å². The van der Waals surface area contributed by atoms with E-state index in [9.17, 15) is 0 Å². The second-order valence-corrected chi connectivity index (χ2v) is 7.23. The molecule has 0 amide bonds. The Balaban J connectivity index is 1.40. The minimum atomic E-state index is 0.739. The van der Waals surface area contributed by atoms with Crippen LogP contribution in [0, 0.1) is 11.8 Å². The highest BCUT2D eigenvalue weighted by Crippen LogP contribution is 2.22. The summed E-state index contributed by atoms with van der Waals surface area (Å²) < 4.78 is 0. The van der Waals surface area contributed by atoms with E-state index < -0.39 is 0 Å². The molecule has 0 spiro atoms. The zero-order valence-electron chi connectivity index (χ0n) is 14.3. The van der Waals surface area contributed by atoms with Gasteiger partial charge in [0.15, 0.2) is 0 Å². The maximum absolute atomic E-state index is 2.68. The van der Waals surface area contributed by atoms with Gasteiger partial charge in [0.05, 0.1) is 0 Å². The monoisotopic (exact) mass is 307 g/mol. The van der Waals surface area contributed by atoms with Crippen LogP contribution < -0.4 is 0 Å². The molecule has 0 aliphatic carbocycles. The van der Waals surface area contributed by atoms with Gasteiger partial charge in [0.1, 0.15) is 0 Å². The molecule has 1 saturated heterocycles. The molecule has 0 unspecified atom stereocenters. The van der Waals surface area contributed by atoms with E-state index in [1.165, 1.54) is 56.4 Å². The highest BCUT2D eigenvalue weighted by Gasteiger charge is 2.20. The van der Waals surface area contributed by atoms with Crippen LogP contribution in [0.15, 0.2) is 60.7 Å². The van der Waals surface area contributed by atoms with Crippen LogP contribution >= 0.6 is 0 Å². The molecule has 0 saturated carbocycles. The predicted molar refractivity (Wildman–Crippen MR) is 98.6 cm³/mol. The number of nitrogens with zero attached hydrogens (tertiary/aromatic N) is 1. The third-order valence-electron chi connectivity index (χ3n) is 5.07. The summed E-state index contributed by atoms with van der Waals surface area (Å²) in [6, 6.07) is 21.9. The first-order chi connectivity index (χ1) is 11.3. The summed E-state index contributed by atoms with van der Waals surface area (Å²) in [5.74, 6) is 1.61. The fourth-order valence-corrected chi connectivity index (χ4v) is 3.84. The molecule has 1 aliphatic rings. The van der Waals surface area contributed by atoms with Crippen LogP contribution in [0.1, 0.15) is 30.9 Å². The van der Waals surface area contributed by atoms with Gasteiger partial charge < -0.3 is 4.90 Å². The molecule has 0 N–H and O–H groups in total. The maximum atomic E-state index is 2.68. The number of piperidine rings is 1. The Morgan fingerprint density at radius 2 is 1.43 bits per heavy atom. The molecule has 3 rings (SSSR count). The molecule has 1 fully saturated rings. The van der Waals surface area contributed by atoms with Gasteiger partial charge in [-0.2, -0.15) is 0 Å². The Bertz CT molecular complexity index is 555. The van der Waals surface area contributed by atoms with Gasteiger partial charge in [-0.3, -0.25) is 0 Å². The number of hydrogen-bond donors (Lipinski definition) is 0. The van der Waals surface area contributed by atoms with Crippen molar-refractivity contribution in [2.45, 2.75) is 32.6 Å². The first-order valence-corrected chi connectivity index (χ1v) is 9.10. The molecule has 0 bridgehead atoms. The first kappa shape index (κ1) is 16.3. The standard InChI is InChI=1S/C22H29N/c1-19(16-20-8-4-2-5-9-20)18-23-14-12-22(13-15-23)17-21-10-6-3-7-11-21/h2-11,19,22H,12-18H2,1H3/t19-/m1/s1. The van der Waals surface area contributed by atoms with Gasteiger partial charge in [-0.05, 0) is 61.7 Å². The fourth-order valence-electron chi connectivity index (χ4n) is 3.84. The van der Waals surface area contributed by atoms with Crippen molar-refractivity contribution >= 4 is 0 Å².